The van der Waals surface area contributed by atoms with Crippen LogP contribution in [0.25, 0.3) is 0 Å². The molecule has 0 aliphatic rings. The molecule has 1 aromatic heterocycles. The van der Waals surface area contributed by atoms with Crippen molar-refractivity contribution in [3.8, 4) is 5.75 Å². The lowest BCUT2D eigenvalue weighted by molar-refractivity contribution is 0.0635. The van der Waals surface area contributed by atoms with Gasteiger partial charge >= 0.3 is 6.09 Å². The number of amides is 1. The molecule has 1 aromatic rings. The maximum absolute atomic E-state index is 11.5. The van der Waals surface area contributed by atoms with E-state index in [9.17, 15) is 4.79 Å². The van der Waals surface area contributed by atoms with Crippen molar-refractivity contribution < 1.29 is 14.3 Å². The number of hydrogen-bond acceptors (Lipinski definition) is 4. The first-order valence-corrected chi connectivity index (χ1v) is 5.49. The normalized spacial score (nSPS) is 10.8. The van der Waals surface area contributed by atoms with Crippen LogP contribution in [0.3, 0.4) is 0 Å². The molecule has 1 heterocycles. The molecule has 5 heteroatoms. The summed E-state index contributed by atoms with van der Waals surface area (Å²) in [7, 11) is 0. The van der Waals surface area contributed by atoms with Crippen LogP contribution in [0.2, 0.25) is 0 Å². The molecule has 17 heavy (non-hydrogen) atoms. The van der Waals surface area contributed by atoms with Gasteiger partial charge in [-0.2, -0.15) is 0 Å². The van der Waals surface area contributed by atoms with Crippen LogP contribution in [0.15, 0.2) is 18.3 Å². The second-order valence-electron chi connectivity index (χ2n) is 4.44. The summed E-state index contributed by atoms with van der Waals surface area (Å²) < 4.78 is 10.4. The molecule has 1 N–H and O–H groups in total. The van der Waals surface area contributed by atoms with Gasteiger partial charge in [0, 0.05) is 12.3 Å². The minimum absolute atomic E-state index is 0.408. The molecule has 0 bridgehead atoms. The third kappa shape index (κ3) is 5.19. The largest absolute Gasteiger partial charge is 0.494 e. The van der Waals surface area contributed by atoms with Crippen LogP contribution in [0.1, 0.15) is 27.7 Å². The summed E-state index contributed by atoms with van der Waals surface area (Å²) in [6.45, 7) is 7.86. The number of carbonyl (C=O) groups excluding carboxylic acids is 1. The van der Waals surface area contributed by atoms with E-state index in [-0.39, 0.29) is 0 Å². The van der Waals surface area contributed by atoms with Crippen LogP contribution in [0.5, 0.6) is 5.75 Å². The molecule has 0 atom stereocenters. The Labute approximate surface area is 101 Å². The summed E-state index contributed by atoms with van der Waals surface area (Å²) in [5.74, 6) is 1.07. The molecule has 0 aliphatic heterocycles. The number of nitrogens with zero attached hydrogens (tertiary/aromatic N) is 1. The van der Waals surface area contributed by atoms with Gasteiger partial charge in [-0.15, -0.1) is 0 Å². The van der Waals surface area contributed by atoms with Gasteiger partial charge in [-0.25, -0.2) is 9.78 Å². The SMILES string of the molecule is CCOc1ccnc(NC(=O)OC(C)(C)C)c1. The molecular weight excluding hydrogens is 220 g/mol. The fraction of sp³-hybridized carbons (Fsp3) is 0.500. The molecular formula is C12H18N2O3. The molecule has 0 aliphatic carbocycles. The van der Waals surface area contributed by atoms with E-state index >= 15 is 0 Å². The number of hydrogen-bond donors (Lipinski definition) is 1. The number of ether oxygens (including phenoxy) is 2. The maximum Gasteiger partial charge on any atom is 0.413 e. The molecule has 0 saturated heterocycles. The topological polar surface area (TPSA) is 60.5 Å². The Balaban J connectivity index is 2.62. The predicted octanol–water partition coefficient (Wildman–Crippen LogP) is 2.83. The molecule has 0 fully saturated rings. The van der Waals surface area contributed by atoms with Crippen LogP contribution >= 0.6 is 0 Å². The highest BCUT2D eigenvalue weighted by molar-refractivity contribution is 5.83. The number of carbonyl (C=O) groups is 1. The van der Waals surface area contributed by atoms with E-state index < -0.39 is 11.7 Å². The molecule has 0 aromatic carbocycles. The predicted molar refractivity (Wildman–Crippen MR) is 65.3 cm³/mol. The smallest absolute Gasteiger partial charge is 0.413 e. The van der Waals surface area contributed by atoms with Crippen LogP contribution in [-0.2, 0) is 4.74 Å². The van der Waals surface area contributed by atoms with E-state index in [1.54, 1.807) is 39.1 Å². The Hall–Kier alpha value is -1.78. The van der Waals surface area contributed by atoms with E-state index in [0.29, 0.717) is 18.2 Å². The fourth-order valence-electron chi connectivity index (χ4n) is 1.14. The minimum atomic E-state index is -0.529. The van der Waals surface area contributed by atoms with Gasteiger partial charge in [0.05, 0.1) is 6.61 Å². The summed E-state index contributed by atoms with van der Waals surface area (Å²) in [5, 5.41) is 2.54. The first-order chi connectivity index (χ1) is 7.90. The number of aromatic nitrogens is 1. The number of nitrogens with one attached hydrogen (secondary N) is 1. The molecule has 1 amide bonds. The monoisotopic (exact) mass is 238 g/mol. The quantitative estimate of drug-likeness (QED) is 0.879. The van der Waals surface area contributed by atoms with E-state index in [4.69, 9.17) is 9.47 Å². The standard InChI is InChI=1S/C12H18N2O3/c1-5-16-9-6-7-13-10(8-9)14-11(15)17-12(2,3)4/h6-8H,5H2,1-4H3,(H,13,14,15). The van der Waals surface area contributed by atoms with Gasteiger partial charge in [-0.1, -0.05) is 0 Å². The molecule has 0 saturated carbocycles. The first kappa shape index (κ1) is 13.3. The molecule has 94 valence electrons. The van der Waals surface area contributed by atoms with Crippen molar-refractivity contribution in [1.82, 2.24) is 4.98 Å². The zero-order valence-electron chi connectivity index (χ0n) is 10.6. The molecule has 5 nitrogen and oxygen atoms in total. The van der Waals surface area contributed by atoms with E-state index in [1.807, 2.05) is 6.92 Å². The van der Waals surface area contributed by atoms with Crippen molar-refractivity contribution in [2.45, 2.75) is 33.3 Å². The maximum atomic E-state index is 11.5. The average Bonchev–Trinajstić information content (AvgIpc) is 2.15. The highest BCUT2D eigenvalue weighted by atomic mass is 16.6. The molecule has 0 radical (unpaired) electrons. The van der Waals surface area contributed by atoms with E-state index in [1.165, 1.54) is 0 Å². The van der Waals surface area contributed by atoms with Crippen LogP contribution < -0.4 is 10.1 Å². The van der Waals surface area contributed by atoms with Gasteiger partial charge in [0.15, 0.2) is 0 Å². The highest BCUT2D eigenvalue weighted by Gasteiger charge is 2.16. The third-order valence-corrected chi connectivity index (χ3v) is 1.67. The summed E-state index contributed by atoms with van der Waals surface area (Å²) in [5.41, 5.74) is -0.526. The van der Waals surface area contributed by atoms with Gasteiger partial charge in [-0.3, -0.25) is 5.32 Å². The molecule has 0 spiro atoms. The minimum Gasteiger partial charge on any atom is -0.494 e. The zero-order valence-corrected chi connectivity index (χ0v) is 10.6. The fourth-order valence-corrected chi connectivity index (χ4v) is 1.14. The van der Waals surface area contributed by atoms with Crippen LogP contribution in [0.4, 0.5) is 10.6 Å². The van der Waals surface area contributed by atoms with Crippen molar-refractivity contribution in [3.05, 3.63) is 18.3 Å². The third-order valence-electron chi connectivity index (χ3n) is 1.67. The lowest BCUT2D eigenvalue weighted by Gasteiger charge is -2.19. The number of pyridine rings is 1. The van der Waals surface area contributed by atoms with Crippen molar-refractivity contribution >= 4 is 11.9 Å². The van der Waals surface area contributed by atoms with Crippen molar-refractivity contribution in [1.29, 1.82) is 0 Å². The second kappa shape index (κ2) is 5.52. The van der Waals surface area contributed by atoms with Gasteiger partial charge < -0.3 is 9.47 Å². The summed E-state index contributed by atoms with van der Waals surface area (Å²) in [4.78, 5) is 15.5. The van der Waals surface area contributed by atoms with Crippen LogP contribution in [-0.4, -0.2) is 23.3 Å². The second-order valence-corrected chi connectivity index (χ2v) is 4.44. The average molecular weight is 238 g/mol. The molecule has 0 unspecified atom stereocenters. The Morgan fingerprint density at radius 3 is 2.76 bits per heavy atom. The van der Waals surface area contributed by atoms with Gasteiger partial charge in [-0.05, 0) is 33.8 Å². The zero-order chi connectivity index (χ0) is 12.9. The lowest BCUT2D eigenvalue weighted by atomic mass is 10.2. The lowest BCUT2D eigenvalue weighted by Crippen LogP contribution is -2.27. The van der Waals surface area contributed by atoms with Gasteiger partial charge in [0.2, 0.25) is 0 Å². The van der Waals surface area contributed by atoms with Crippen molar-refractivity contribution in [2.24, 2.45) is 0 Å². The van der Waals surface area contributed by atoms with Crippen LogP contribution in [0, 0.1) is 0 Å². The van der Waals surface area contributed by atoms with Crippen molar-refractivity contribution in [2.75, 3.05) is 11.9 Å². The van der Waals surface area contributed by atoms with E-state index in [2.05, 4.69) is 10.3 Å². The molecule has 1 rings (SSSR count). The first-order valence-electron chi connectivity index (χ1n) is 5.49. The Morgan fingerprint density at radius 2 is 2.18 bits per heavy atom. The highest BCUT2D eigenvalue weighted by Crippen LogP contribution is 2.15. The number of anilines is 1. The van der Waals surface area contributed by atoms with Gasteiger partial charge in [0.25, 0.3) is 0 Å². The van der Waals surface area contributed by atoms with Gasteiger partial charge in [0.1, 0.15) is 17.2 Å². The van der Waals surface area contributed by atoms with Crippen molar-refractivity contribution in [3.63, 3.8) is 0 Å². The Morgan fingerprint density at radius 1 is 1.47 bits per heavy atom. The summed E-state index contributed by atoms with van der Waals surface area (Å²) in [6, 6.07) is 3.37. The number of rotatable bonds is 3. The summed E-state index contributed by atoms with van der Waals surface area (Å²) >= 11 is 0. The Kier molecular flexibility index (Phi) is 4.31. The van der Waals surface area contributed by atoms with E-state index in [0.717, 1.165) is 0 Å². The Bertz CT molecular complexity index is 386. The summed E-state index contributed by atoms with van der Waals surface area (Å²) in [6.07, 6.45) is 1.04.